The summed E-state index contributed by atoms with van der Waals surface area (Å²) in [4.78, 5) is 0. The minimum absolute atomic E-state index is 0.581. The first kappa shape index (κ1) is 7.53. The Kier molecular flexibility index (Phi) is 2.41. The van der Waals surface area contributed by atoms with Crippen molar-refractivity contribution >= 4 is 0 Å². The van der Waals surface area contributed by atoms with E-state index in [1.807, 2.05) is 0 Å². The van der Waals surface area contributed by atoms with Gasteiger partial charge < -0.3 is 14.8 Å². The summed E-state index contributed by atoms with van der Waals surface area (Å²) >= 11 is 0. The molecule has 2 saturated heterocycles. The Balaban J connectivity index is 1.67. The fourth-order valence-electron chi connectivity index (χ4n) is 1.59. The van der Waals surface area contributed by atoms with Gasteiger partial charge in [0, 0.05) is 18.5 Å². The third kappa shape index (κ3) is 1.92. The Morgan fingerprint density at radius 2 is 2.09 bits per heavy atom. The number of hydrogen-bond acceptors (Lipinski definition) is 3. The number of nitrogens with one attached hydrogen (secondary N) is 1. The van der Waals surface area contributed by atoms with Gasteiger partial charge in [-0.15, -0.1) is 0 Å². The zero-order valence-corrected chi connectivity index (χ0v) is 6.71. The molecule has 0 aromatic rings. The monoisotopic (exact) mass is 157 g/mol. The fraction of sp³-hybridized carbons (Fsp3) is 1.00. The lowest BCUT2D eigenvalue weighted by Gasteiger charge is -2.32. The highest BCUT2D eigenvalue weighted by molar-refractivity contribution is 4.77. The van der Waals surface area contributed by atoms with Crippen LogP contribution in [0, 0.1) is 5.92 Å². The van der Waals surface area contributed by atoms with Crippen LogP contribution in [0.15, 0.2) is 0 Å². The third-order valence-electron chi connectivity index (χ3n) is 2.32. The Morgan fingerprint density at radius 1 is 1.18 bits per heavy atom. The number of hydrogen-bond donors (Lipinski definition) is 1. The maximum Gasteiger partial charge on any atom is 0.0620 e. The van der Waals surface area contributed by atoms with Gasteiger partial charge in [0.2, 0.25) is 0 Å². The Bertz CT molecular complexity index is 119. The van der Waals surface area contributed by atoms with Gasteiger partial charge in [-0.25, -0.2) is 0 Å². The Morgan fingerprint density at radius 3 is 2.64 bits per heavy atom. The second-order valence-electron chi connectivity index (χ2n) is 3.37. The highest BCUT2D eigenvalue weighted by atomic mass is 16.5. The molecule has 2 aliphatic rings. The van der Waals surface area contributed by atoms with Crippen molar-refractivity contribution in [2.75, 3.05) is 33.0 Å². The molecule has 0 radical (unpaired) electrons. The van der Waals surface area contributed by atoms with E-state index < -0.39 is 0 Å². The smallest absolute Gasteiger partial charge is 0.0620 e. The number of morpholine rings is 1. The second-order valence-corrected chi connectivity index (χ2v) is 3.37. The van der Waals surface area contributed by atoms with Crippen molar-refractivity contribution in [1.29, 1.82) is 0 Å². The van der Waals surface area contributed by atoms with E-state index in [1.54, 1.807) is 0 Å². The Labute approximate surface area is 67.1 Å². The van der Waals surface area contributed by atoms with Gasteiger partial charge in [-0.1, -0.05) is 0 Å². The third-order valence-corrected chi connectivity index (χ3v) is 2.32. The van der Waals surface area contributed by atoms with Crippen LogP contribution in [-0.2, 0) is 9.47 Å². The summed E-state index contributed by atoms with van der Waals surface area (Å²) in [6.07, 6.45) is 1.22. The van der Waals surface area contributed by atoms with Crippen LogP contribution in [0.3, 0.4) is 0 Å². The van der Waals surface area contributed by atoms with E-state index in [2.05, 4.69) is 5.32 Å². The summed E-state index contributed by atoms with van der Waals surface area (Å²) in [6, 6.07) is 0.581. The van der Waals surface area contributed by atoms with Gasteiger partial charge in [-0.05, 0) is 6.42 Å². The first-order valence-electron chi connectivity index (χ1n) is 4.34. The highest BCUT2D eigenvalue weighted by Gasteiger charge is 2.23. The molecule has 0 amide bonds. The van der Waals surface area contributed by atoms with Crippen LogP contribution in [0.4, 0.5) is 0 Å². The number of rotatable bonds is 2. The molecule has 0 saturated carbocycles. The van der Waals surface area contributed by atoms with Crippen LogP contribution in [0.25, 0.3) is 0 Å². The van der Waals surface area contributed by atoms with Gasteiger partial charge in [0.25, 0.3) is 0 Å². The van der Waals surface area contributed by atoms with Gasteiger partial charge in [0.1, 0.15) is 0 Å². The summed E-state index contributed by atoms with van der Waals surface area (Å²) in [5, 5.41) is 3.44. The SMILES string of the molecule is C1COCC(CC2COC2)N1. The van der Waals surface area contributed by atoms with Crippen molar-refractivity contribution in [3.8, 4) is 0 Å². The fourth-order valence-corrected chi connectivity index (χ4v) is 1.59. The van der Waals surface area contributed by atoms with Crippen molar-refractivity contribution in [2.24, 2.45) is 5.92 Å². The van der Waals surface area contributed by atoms with Gasteiger partial charge in [0.05, 0.1) is 26.4 Å². The average molecular weight is 157 g/mol. The van der Waals surface area contributed by atoms with Crippen LogP contribution in [0.2, 0.25) is 0 Å². The van der Waals surface area contributed by atoms with Crippen LogP contribution in [0.1, 0.15) is 6.42 Å². The lowest BCUT2D eigenvalue weighted by atomic mass is 9.98. The van der Waals surface area contributed by atoms with E-state index in [0.717, 1.165) is 38.9 Å². The van der Waals surface area contributed by atoms with Crippen LogP contribution in [0.5, 0.6) is 0 Å². The molecule has 2 fully saturated rings. The molecule has 0 aromatic heterocycles. The summed E-state index contributed by atoms with van der Waals surface area (Å²) in [7, 11) is 0. The Hall–Kier alpha value is -0.120. The normalized spacial score (nSPS) is 33.3. The van der Waals surface area contributed by atoms with Gasteiger partial charge in [-0.3, -0.25) is 0 Å². The van der Waals surface area contributed by atoms with Gasteiger partial charge >= 0.3 is 0 Å². The van der Waals surface area contributed by atoms with Crippen molar-refractivity contribution < 1.29 is 9.47 Å². The van der Waals surface area contributed by atoms with E-state index in [1.165, 1.54) is 6.42 Å². The molecule has 3 nitrogen and oxygen atoms in total. The van der Waals surface area contributed by atoms with Crippen molar-refractivity contribution in [3.63, 3.8) is 0 Å². The summed E-state index contributed by atoms with van der Waals surface area (Å²) in [5.74, 6) is 0.786. The van der Waals surface area contributed by atoms with E-state index in [0.29, 0.717) is 6.04 Å². The molecule has 0 bridgehead atoms. The summed E-state index contributed by atoms with van der Waals surface area (Å²) < 4.78 is 10.5. The molecule has 0 aromatic carbocycles. The van der Waals surface area contributed by atoms with Crippen molar-refractivity contribution in [3.05, 3.63) is 0 Å². The second kappa shape index (κ2) is 3.52. The topological polar surface area (TPSA) is 30.5 Å². The van der Waals surface area contributed by atoms with E-state index in [4.69, 9.17) is 9.47 Å². The van der Waals surface area contributed by atoms with Gasteiger partial charge in [0.15, 0.2) is 0 Å². The molecule has 1 unspecified atom stereocenters. The molecular weight excluding hydrogens is 142 g/mol. The van der Waals surface area contributed by atoms with Crippen molar-refractivity contribution in [1.82, 2.24) is 5.32 Å². The van der Waals surface area contributed by atoms with E-state index >= 15 is 0 Å². The molecule has 2 heterocycles. The zero-order chi connectivity index (χ0) is 7.52. The highest BCUT2D eigenvalue weighted by Crippen LogP contribution is 2.17. The molecule has 64 valence electrons. The summed E-state index contributed by atoms with van der Waals surface area (Å²) in [5.41, 5.74) is 0. The van der Waals surface area contributed by atoms with Crippen LogP contribution in [-0.4, -0.2) is 39.0 Å². The van der Waals surface area contributed by atoms with Crippen LogP contribution >= 0.6 is 0 Å². The average Bonchev–Trinajstić information content (AvgIpc) is 1.99. The zero-order valence-electron chi connectivity index (χ0n) is 6.71. The molecule has 1 atom stereocenters. The molecule has 1 N–H and O–H groups in total. The maximum atomic E-state index is 5.35. The maximum absolute atomic E-state index is 5.35. The predicted octanol–water partition coefficient (Wildman–Crippen LogP) is 0.0113. The largest absolute Gasteiger partial charge is 0.381 e. The number of ether oxygens (including phenoxy) is 2. The minimum Gasteiger partial charge on any atom is -0.381 e. The molecule has 2 rings (SSSR count). The van der Waals surface area contributed by atoms with E-state index in [9.17, 15) is 0 Å². The molecule has 0 aliphatic carbocycles. The molecule has 11 heavy (non-hydrogen) atoms. The standard InChI is InChI=1S/C8H15NO2/c1-2-10-6-8(9-1)3-7-4-11-5-7/h7-9H,1-6H2. The first-order chi connectivity index (χ1) is 5.45. The first-order valence-corrected chi connectivity index (χ1v) is 4.34. The lowest BCUT2D eigenvalue weighted by molar-refractivity contribution is -0.0478. The predicted molar refractivity (Wildman–Crippen MR) is 41.5 cm³/mol. The summed E-state index contributed by atoms with van der Waals surface area (Å²) in [6.45, 7) is 4.68. The lowest BCUT2D eigenvalue weighted by Crippen LogP contribution is -2.44. The molecule has 0 spiro atoms. The van der Waals surface area contributed by atoms with Gasteiger partial charge in [-0.2, -0.15) is 0 Å². The quantitative estimate of drug-likeness (QED) is 0.612. The van der Waals surface area contributed by atoms with Crippen molar-refractivity contribution in [2.45, 2.75) is 12.5 Å². The molecule has 3 heteroatoms. The minimum atomic E-state index is 0.581. The van der Waals surface area contributed by atoms with Crippen LogP contribution < -0.4 is 5.32 Å². The molecular formula is C8H15NO2. The molecule has 2 aliphatic heterocycles. The van der Waals surface area contributed by atoms with E-state index in [-0.39, 0.29) is 0 Å².